The zero-order chi connectivity index (χ0) is 22.7. The molecule has 0 atom stereocenters. The van der Waals surface area contributed by atoms with Gasteiger partial charge in [-0.25, -0.2) is 9.79 Å². The van der Waals surface area contributed by atoms with Gasteiger partial charge in [-0.15, -0.1) is 0 Å². The van der Waals surface area contributed by atoms with Gasteiger partial charge in [-0.1, -0.05) is 30.3 Å². The zero-order valence-electron chi connectivity index (χ0n) is 16.9. The average Bonchev–Trinajstić information content (AvgIpc) is 3.13. The number of ether oxygens (including phenoxy) is 2. The number of hydrogen-bond donors (Lipinski definition) is 0. The van der Waals surface area contributed by atoms with Gasteiger partial charge in [0.15, 0.2) is 5.70 Å². The molecule has 0 aromatic heterocycles. The highest BCUT2D eigenvalue weighted by atomic mass is 127. The van der Waals surface area contributed by atoms with Gasteiger partial charge in [-0.2, -0.15) is 0 Å². The smallest absolute Gasteiger partial charge is 0.363 e. The quantitative estimate of drug-likeness (QED) is 0.137. The van der Waals surface area contributed by atoms with Crippen molar-refractivity contribution in [2.75, 3.05) is 0 Å². The van der Waals surface area contributed by atoms with Crippen LogP contribution in [0.2, 0.25) is 0 Å². The van der Waals surface area contributed by atoms with Gasteiger partial charge in [0.1, 0.15) is 12.4 Å². The molecule has 0 amide bonds. The van der Waals surface area contributed by atoms with Gasteiger partial charge in [0.05, 0.1) is 4.92 Å². The van der Waals surface area contributed by atoms with Crippen molar-refractivity contribution in [3.05, 3.63) is 108 Å². The fourth-order valence-electron chi connectivity index (χ4n) is 3.19. The number of benzene rings is 3. The fourth-order valence-corrected chi connectivity index (χ4v) is 3.80. The van der Waals surface area contributed by atoms with Gasteiger partial charge in [0.2, 0.25) is 5.90 Å². The Morgan fingerprint density at radius 3 is 2.59 bits per heavy atom. The molecule has 32 heavy (non-hydrogen) atoms. The summed E-state index contributed by atoms with van der Waals surface area (Å²) in [7, 11) is 0. The predicted molar refractivity (Wildman–Crippen MR) is 128 cm³/mol. The van der Waals surface area contributed by atoms with E-state index in [2.05, 4.69) is 33.6 Å². The molecule has 0 aliphatic carbocycles. The van der Waals surface area contributed by atoms with Crippen molar-refractivity contribution in [2.45, 2.75) is 13.5 Å². The minimum Gasteiger partial charge on any atom is -0.489 e. The predicted octanol–water partition coefficient (Wildman–Crippen LogP) is 5.43. The van der Waals surface area contributed by atoms with E-state index in [1.54, 1.807) is 19.1 Å². The molecule has 7 nitrogen and oxygen atoms in total. The molecule has 0 saturated carbocycles. The molecule has 0 N–H and O–H groups in total. The van der Waals surface area contributed by atoms with Gasteiger partial charge >= 0.3 is 5.97 Å². The molecule has 0 fully saturated rings. The normalized spacial score (nSPS) is 14.2. The Bertz CT molecular complexity index is 1270. The van der Waals surface area contributed by atoms with E-state index in [0.717, 1.165) is 14.7 Å². The Hall–Kier alpha value is -3.53. The van der Waals surface area contributed by atoms with Crippen molar-refractivity contribution in [3.63, 3.8) is 0 Å². The van der Waals surface area contributed by atoms with Crippen LogP contribution >= 0.6 is 22.6 Å². The Morgan fingerprint density at radius 2 is 1.88 bits per heavy atom. The molecule has 1 heterocycles. The third kappa shape index (κ3) is 4.86. The van der Waals surface area contributed by atoms with Crippen molar-refractivity contribution in [3.8, 4) is 5.75 Å². The maximum Gasteiger partial charge on any atom is 0.363 e. The molecule has 0 saturated heterocycles. The lowest BCUT2D eigenvalue weighted by molar-refractivity contribution is -0.385. The molecule has 0 bridgehead atoms. The van der Waals surface area contributed by atoms with E-state index in [1.807, 2.05) is 42.5 Å². The van der Waals surface area contributed by atoms with Crippen LogP contribution in [0.3, 0.4) is 0 Å². The van der Waals surface area contributed by atoms with E-state index in [1.165, 1.54) is 12.1 Å². The van der Waals surface area contributed by atoms with Crippen LogP contribution in [0.4, 0.5) is 5.69 Å². The van der Waals surface area contributed by atoms with E-state index in [4.69, 9.17) is 9.47 Å². The molecule has 1 aliphatic rings. The topological polar surface area (TPSA) is 91.0 Å². The largest absolute Gasteiger partial charge is 0.489 e. The first-order valence-corrected chi connectivity index (χ1v) is 10.7. The van der Waals surface area contributed by atoms with Crippen LogP contribution in [0, 0.1) is 20.6 Å². The van der Waals surface area contributed by atoms with E-state index < -0.39 is 10.9 Å². The highest BCUT2D eigenvalue weighted by molar-refractivity contribution is 14.1. The van der Waals surface area contributed by atoms with Crippen LogP contribution in [0.5, 0.6) is 5.75 Å². The van der Waals surface area contributed by atoms with Crippen molar-refractivity contribution in [1.82, 2.24) is 0 Å². The first kappa shape index (κ1) is 21.7. The zero-order valence-corrected chi connectivity index (χ0v) is 19.1. The summed E-state index contributed by atoms with van der Waals surface area (Å²) in [4.78, 5) is 27.2. The van der Waals surface area contributed by atoms with Gasteiger partial charge in [0.25, 0.3) is 5.69 Å². The summed E-state index contributed by atoms with van der Waals surface area (Å²) in [5, 5.41) is 11.2. The number of esters is 1. The fraction of sp³-hybridized carbons (Fsp3) is 0.0833. The molecule has 3 aromatic carbocycles. The van der Waals surface area contributed by atoms with E-state index in [0.29, 0.717) is 23.5 Å². The molecule has 0 unspecified atom stereocenters. The lowest BCUT2D eigenvalue weighted by Gasteiger charge is -2.07. The Balaban J connectivity index is 1.50. The lowest BCUT2D eigenvalue weighted by atomic mass is 10.1. The Kier molecular flexibility index (Phi) is 6.31. The summed E-state index contributed by atoms with van der Waals surface area (Å²) in [5.41, 5.74) is 2.70. The molecule has 3 aromatic rings. The van der Waals surface area contributed by atoms with Crippen LogP contribution in [0.25, 0.3) is 6.08 Å². The second kappa shape index (κ2) is 9.31. The minimum atomic E-state index is -0.607. The summed E-state index contributed by atoms with van der Waals surface area (Å²) in [5.74, 6) is 0.154. The van der Waals surface area contributed by atoms with E-state index in [-0.39, 0.29) is 17.3 Å². The van der Waals surface area contributed by atoms with Crippen LogP contribution in [-0.2, 0) is 16.1 Å². The third-order valence-electron chi connectivity index (χ3n) is 4.83. The molecule has 8 heteroatoms. The van der Waals surface area contributed by atoms with Crippen molar-refractivity contribution in [2.24, 2.45) is 4.99 Å². The second-order valence-electron chi connectivity index (χ2n) is 7.03. The first-order chi connectivity index (χ1) is 15.4. The highest BCUT2D eigenvalue weighted by Crippen LogP contribution is 2.26. The van der Waals surface area contributed by atoms with Crippen LogP contribution < -0.4 is 4.74 Å². The van der Waals surface area contributed by atoms with Crippen molar-refractivity contribution < 1.29 is 19.2 Å². The molecule has 0 spiro atoms. The molecule has 1 aliphatic heterocycles. The molecule has 160 valence electrons. The standard InChI is InChI=1S/C24H17IN2O5/c1-15-20(6-3-7-22(15)27(29)30)23-26-21(24(28)32-23)13-16-8-10-19(11-9-16)31-14-17-4-2-5-18(25)12-17/h2-13H,14H2,1H3/b21-13-. The minimum absolute atomic E-state index is 0.0555. The molecule has 0 radical (unpaired) electrons. The number of hydrogen-bond acceptors (Lipinski definition) is 6. The number of nitro benzene ring substituents is 1. The van der Waals surface area contributed by atoms with Gasteiger partial charge < -0.3 is 9.47 Å². The van der Waals surface area contributed by atoms with Gasteiger partial charge in [-0.05, 0) is 77.0 Å². The number of rotatable bonds is 6. The molecule has 4 rings (SSSR count). The number of nitro groups is 1. The van der Waals surface area contributed by atoms with E-state index in [9.17, 15) is 14.9 Å². The number of cyclic esters (lactones) is 1. The second-order valence-corrected chi connectivity index (χ2v) is 8.28. The number of nitrogens with zero attached hydrogens (tertiary/aromatic N) is 2. The number of carbonyl (C=O) groups is 1. The third-order valence-corrected chi connectivity index (χ3v) is 5.50. The van der Waals surface area contributed by atoms with Crippen molar-refractivity contribution >= 4 is 46.2 Å². The summed E-state index contributed by atoms with van der Waals surface area (Å²) in [6.07, 6.45) is 1.60. The first-order valence-electron chi connectivity index (χ1n) is 9.65. The summed E-state index contributed by atoms with van der Waals surface area (Å²) in [6, 6.07) is 19.9. The highest BCUT2D eigenvalue weighted by Gasteiger charge is 2.27. The molecular weight excluding hydrogens is 523 g/mol. The van der Waals surface area contributed by atoms with Gasteiger partial charge in [-0.3, -0.25) is 10.1 Å². The maximum absolute atomic E-state index is 12.3. The van der Waals surface area contributed by atoms with Gasteiger partial charge in [0, 0.05) is 20.8 Å². The summed E-state index contributed by atoms with van der Waals surface area (Å²) >= 11 is 2.26. The average molecular weight is 540 g/mol. The van der Waals surface area contributed by atoms with Crippen molar-refractivity contribution in [1.29, 1.82) is 0 Å². The summed E-state index contributed by atoms with van der Waals surface area (Å²) in [6.45, 7) is 2.06. The maximum atomic E-state index is 12.3. The Labute approximate surface area is 197 Å². The van der Waals surface area contributed by atoms with E-state index >= 15 is 0 Å². The number of halogens is 1. The SMILES string of the molecule is Cc1c(C2=N/C(=C\c3ccc(OCc4cccc(I)c4)cc3)C(=O)O2)cccc1[N+](=O)[O-]. The Morgan fingerprint density at radius 1 is 1.12 bits per heavy atom. The number of aliphatic imine (C=N–C) groups is 1. The van der Waals surface area contributed by atoms with Crippen LogP contribution in [0.15, 0.2) is 77.4 Å². The monoisotopic (exact) mass is 540 g/mol. The van der Waals surface area contributed by atoms with Crippen LogP contribution in [0.1, 0.15) is 22.3 Å². The molecular formula is C24H17IN2O5. The summed E-state index contributed by atoms with van der Waals surface area (Å²) < 4.78 is 12.2. The number of carbonyl (C=O) groups excluding carboxylic acids is 1. The lowest BCUT2D eigenvalue weighted by Crippen LogP contribution is -2.08. The van der Waals surface area contributed by atoms with Crippen LogP contribution in [-0.4, -0.2) is 16.8 Å².